The lowest BCUT2D eigenvalue weighted by Gasteiger charge is -2.23. The number of pyridine rings is 1. The van der Waals surface area contributed by atoms with Gasteiger partial charge >= 0.3 is 0 Å². The highest BCUT2D eigenvalue weighted by molar-refractivity contribution is 6.31. The van der Waals surface area contributed by atoms with E-state index in [9.17, 15) is 9.59 Å². The van der Waals surface area contributed by atoms with Gasteiger partial charge in [0.25, 0.3) is 11.8 Å². The van der Waals surface area contributed by atoms with Crippen molar-refractivity contribution in [2.45, 2.75) is 56.7 Å². The molecule has 2 amide bonds. The van der Waals surface area contributed by atoms with Gasteiger partial charge in [-0.05, 0) is 103 Å². The lowest BCUT2D eigenvalue weighted by molar-refractivity contribution is 0.0653. The van der Waals surface area contributed by atoms with E-state index in [0.717, 1.165) is 59.3 Å². The average Bonchev–Trinajstić information content (AvgIpc) is 3.99. The summed E-state index contributed by atoms with van der Waals surface area (Å²) in [6.07, 6.45) is 9.70. The summed E-state index contributed by atoms with van der Waals surface area (Å²) in [6.45, 7) is 5.27. The first-order valence-electron chi connectivity index (χ1n) is 15.3. The lowest BCUT2D eigenvalue weighted by atomic mass is 9.94. The van der Waals surface area contributed by atoms with E-state index in [4.69, 9.17) is 16.3 Å². The van der Waals surface area contributed by atoms with Gasteiger partial charge in [0.05, 0.1) is 17.2 Å². The Hall–Kier alpha value is -4.26. The van der Waals surface area contributed by atoms with E-state index in [1.54, 1.807) is 24.3 Å². The number of carbonyl (C=O) groups excluding carboxylic acids is 2. The molecule has 3 aromatic carbocycles. The molecule has 7 rings (SSSR count). The number of carbonyl (C=O) groups is 2. The molecule has 2 heterocycles. The van der Waals surface area contributed by atoms with Crippen molar-refractivity contribution >= 4 is 29.0 Å². The second-order valence-electron chi connectivity index (χ2n) is 12.0. The number of hydrogen-bond donors (Lipinski definition) is 1. The van der Waals surface area contributed by atoms with Crippen LogP contribution in [0.3, 0.4) is 0 Å². The highest BCUT2D eigenvalue weighted by atomic mass is 35.5. The molecule has 3 aliphatic rings. The van der Waals surface area contributed by atoms with Crippen LogP contribution in [0.25, 0.3) is 16.7 Å². The fourth-order valence-corrected chi connectivity index (χ4v) is 6.25. The Bertz CT molecular complexity index is 1740. The predicted molar refractivity (Wildman–Crippen MR) is 173 cm³/mol. The molecule has 2 fully saturated rings. The van der Waals surface area contributed by atoms with Gasteiger partial charge in [-0.1, -0.05) is 54.6 Å². The minimum Gasteiger partial charge on any atom is -0.490 e. The molecule has 0 radical (unpaired) electrons. The molecule has 222 valence electrons. The van der Waals surface area contributed by atoms with Crippen molar-refractivity contribution in [3.63, 3.8) is 0 Å². The Balaban J connectivity index is 1.02. The molecule has 0 spiro atoms. The number of imide groups is 1. The largest absolute Gasteiger partial charge is 0.490 e. The molecule has 4 aromatic rings. The molecule has 1 aromatic heterocycles. The number of para-hydroxylation sites is 1. The van der Waals surface area contributed by atoms with Crippen LogP contribution in [-0.4, -0.2) is 34.3 Å². The topological polar surface area (TPSA) is 71.5 Å². The third-order valence-electron chi connectivity index (χ3n) is 8.89. The third kappa shape index (κ3) is 5.56. The van der Waals surface area contributed by atoms with Crippen molar-refractivity contribution < 1.29 is 14.3 Å². The Morgan fingerprint density at radius 1 is 0.955 bits per heavy atom. The molecule has 44 heavy (non-hydrogen) atoms. The summed E-state index contributed by atoms with van der Waals surface area (Å²) in [5.41, 5.74) is 7.15. The van der Waals surface area contributed by atoms with E-state index < -0.39 is 0 Å². The summed E-state index contributed by atoms with van der Waals surface area (Å²) in [6, 6.07) is 23.4. The van der Waals surface area contributed by atoms with Gasteiger partial charge in [0.15, 0.2) is 0 Å². The second kappa shape index (κ2) is 11.7. The van der Waals surface area contributed by atoms with Gasteiger partial charge in [0.1, 0.15) is 5.75 Å². The molecule has 0 saturated heterocycles. The Kier molecular flexibility index (Phi) is 7.57. The number of aromatic nitrogens is 1. The van der Waals surface area contributed by atoms with Gasteiger partial charge in [-0.2, -0.15) is 0 Å². The number of halogens is 1. The third-order valence-corrected chi connectivity index (χ3v) is 9.26. The Labute approximate surface area is 262 Å². The summed E-state index contributed by atoms with van der Waals surface area (Å²) >= 11 is 6.69. The second-order valence-corrected chi connectivity index (χ2v) is 12.4. The first kappa shape index (κ1) is 28.5. The SMILES string of the molecule is C=C(CCCN1C(=O)c2ccccc2C1=O)c1ccc(Cl)c(CNC2(c3cnccc3-c3ccccc3OC3CC3)CC2)c1. The minimum absolute atomic E-state index is 0.182. The minimum atomic E-state index is -0.222. The van der Waals surface area contributed by atoms with E-state index in [-0.39, 0.29) is 17.4 Å². The number of fused-ring (bicyclic) bond motifs is 1. The molecular formula is C37H34ClN3O3. The summed E-state index contributed by atoms with van der Waals surface area (Å²) in [4.78, 5) is 31.3. The van der Waals surface area contributed by atoms with Gasteiger partial charge in [0, 0.05) is 41.6 Å². The molecule has 2 aliphatic carbocycles. The summed E-state index contributed by atoms with van der Waals surface area (Å²) < 4.78 is 6.26. The number of ether oxygens (including phenoxy) is 1. The van der Waals surface area contributed by atoms with E-state index in [2.05, 4.69) is 47.2 Å². The van der Waals surface area contributed by atoms with Crippen LogP contribution >= 0.6 is 11.6 Å². The van der Waals surface area contributed by atoms with Gasteiger partial charge < -0.3 is 10.1 Å². The monoisotopic (exact) mass is 603 g/mol. The Morgan fingerprint density at radius 2 is 1.66 bits per heavy atom. The van der Waals surface area contributed by atoms with Crippen LogP contribution in [0, 0.1) is 0 Å². The van der Waals surface area contributed by atoms with Gasteiger partial charge in [-0.25, -0.2) is 0 Å². The molecule has 2 saturated carbocycles. The molecule has 1 aliphatic heterocycles. The molecule has 6 nitrogen and oxygen atoms in total. The first-order chi connectivity index (χ1) is 21.4. The molecule has 0 bridgehead atoms. The van der Waals surface area contributed by atoms with Crippen molar-refractivity contribution in [3.05, 3.63) is 125 Å². The Morgan fingerprint density at radius 3 is 2.36 bits per heavy atom. The van der Waals surface area contributed by atoms with E-state index in [0.29, 0.717) is 48.2 Å². The number of nitrogens with one attached hydrogen (secondary N) is 1. The van der Waals surface area contributed by atoms with Crippen LogP contribution in [0.5, 0.6) is 5.75 Å². The highest BCUT2D eigenvalue weighted by Crippen LogP contribution is 2.50. The fraction of sp³-hybridized carbons (Fsp3) is 0.270. The number of rotatable bonds is 12. The first-order valence-corrected chi connectivity index (χ1v) is 15.7. The zero-order valence-corrected chi connectivity index (χ0v) is 25.3. The maximum atomic E-state index is 12.7. The number of hydrogen-bond acceptors (Lipinski definition) is 5. The quantitative estimate of drug-likeness (QED) is 0.167. The number of allylic oxidation sites excluding steroid dienone is 1. The van der Waals surface area contributed by atoms with Crippen molar-refractivity contribution in [3.8, 4) is 16.9 Å². The van der Waals surface area contributed by atoms with Crippen LogP contribution < -0.4 is 10.1 Å². The zero-order valence-electron chi connectivity index (χ0n) is 24.5. The average molecular weight is 604 g/mol. The number of amides is 2. The van der Waals surface area contributed by atoms with E-state index in [1.807, 2.05) is 30.6 Å². The smallest absolute Gasteiger partial charge is 0.261 e. The molecule has 1 N–H and O–H groups in total. The van der Waals surface area contributed by atoms with Crippen LogP contribution in [0.4, 0.5) is 0 Å². The summed E-state index contributed by atoms with van der Waals surface area (Å²) in [5, 5.41) is 4.51. The van der Waals surface area contributed by atoms with Crippen molar-refractivity contribution in [2.75, 3.05) is 6.54 Å². The van der Waals surface area contributed by atoms with Crippen LogP contribution in [0.1, 0.15) is 75.9 Å². The zero-order chi connectivity index (χ0) is 30.3. The van der Waals surface area contributed by atoms with E-state index in [1.165, 1.54) is 10.5 Å². The van der Waals surface area contributed by atoms with Crippen molar-refractivity contribution in [1.82, 2.24) is 15.2 Å². The standard InChI is InChI=1S/C37H34ClN3O3/c1-24(7-6-20-41-35(42)30-9-2-3-10-31(30)36(41)43)25-12-15-33(38)26(21-25)22-40-37(17-18-37)32-23-39-19-16-28(32)29-8-4-5-11-34(29)44-27-13-14-27/h2-5,8-12,15-16,19,21,23,27,40H,1,6-7,13-14,17-18,20,22H2. The van der Waals surface area contributed by atoms with Gasteiger partial charge in [0.2, 0.25) is 0 Å². The molecular weight excluding hydrogens is 570 g/mol. The molecule has 7 heteroatoms. The summed E-state index contributed by atoms with van der Waals surface area (Å²) in [7, 11) is 0. The maximum absolute atomic E-state index is 12.7. The number of nitrogens with zero attached hydrogens (tertiary/aromatic N) is 2. The van der Waals surface area contributed by atoms with E-state index >= 15 is 0 Å². The predicted octanol–water partition coefficient (Wildman–Crippen LogP) is 7.81. The van der Waals surface area contributed by atoms with Crippen molar-refractivity contribution in [1.29, 1.82) is 0 Å². The number of benzene rings is 3. The van der Waals surface area contributed by atoms with Crippen LogP contribution in [-0.2, 0) is 12.1 Å². The van der Waals surface area contributed by atoms with Gasteiger partial charge in [-0.3, -0.25) is 19.5 Å². The molecule has 0 unspecified atom stereocenters. The fourth-order valence-electron chi connectivity index (χ4n) is 6.07. The maximum Gasteiger partial charge on any atom is 0.261 e. The van der Waals surface area contributed by atoms with Crippen molar-refractivity contribution in [2.24, 2.45) is 0 Å². The lowest BCUT2D eigenvalue weighted by Crippen LogP contribution is -2.30. The summed E-state index contributed by atoms with van der Waals surface area (Å²) in [5.74, 6) is 0.483. The van der Waals surface area contributed by atoms with Crippen LogP contribution in [0.2, 0.25) is 5.02 Å². The highest BCUT2D eigenvalue weighted by Gasteiger charge is 2.46. The normalized spacial score (nSPS) is 16.6. The molecule has 0 atom stereocenters. The van der Waals surface area contributed by atoms with Gasteiger partial charge in [-0.15, -0.1) is 0 Å². The van der Waals surface area contributed by atoms with Crippen LogP contribution in [0.15, 0.2) is 91.8 Å².